The fourth-order valence-electron chi connectivity index (χ4n) is 2.33. The van der Waals surface area contributed by atoms with Crippen LogP contribution in [0.15, 0.2) is 16.6 Å². The molecule has 0 radical (unpaired) electrons. The number of fused-ring (bicyclic) bond motifs is 1. The maximum absolute atomic E-state index is 6.20. The van der Waals surface area contributed by atoms with Gasteiger partial charge in [0.25, 0.3) is 0 Å². The third kappa shape index (κ3) is 2.47. The zero-order valence-electron chi connectivity index (χ0n) is 10.1. The second kappa shape index (κ2) is 5.59. The molecule has 2 nitrogen and oxygen atoms in total. The van der Waals surface area contributed by atoms with Gasteiger partial charge >= 0.3 is 0 Å². The monoisotopic (exact) mass is 317 g/mol. The van der Waals surface area contributed by atoms with Gasteiger partial charge in [-0.15, -0.1) is 0 Å². The van der Waals surface area contributed by atoms with E-state index in [-0.39, 0.29) is 12.1 Å². The van der Waals surface area contributed by atoms with E-state index in [0.29, 0.717) is 5.02 Å². The SMILES string of the molecule is CCCC1Oc2c(Cl)ccc(Br)c2C1NCC. The van der Waals surface area contributed by atoms with Gasteiger partial charge in [-0.1, -0.05) is 47.8 Å². The fraction of sp³-hybridized carbons (Fsp3) is 0.538. The second-order valence-corrected chi connectivity index (χ2v) is 5.51. The van der Waals surface area contributed by atoms with Gasteiger partial charge in [0.1, 0.15) is 11.9 Å². The minimum absolute atomic E-state index is 0.186. The first-order valence-electron chi connectivity index (χ1n) is 6.07. The molecule has 1 aromatic rings. The van der Waals surface area contributed by atoms with Crippen molar-refractivity contribution in [1.82, 2.24) is 5.32 Å². The Balaban J connectivity index is 2.39. The zero-order valence-corrected chi connectivity index (χ0v) is 12.4. The van der Waals surface area contributed by atoms with Crippen LogP contribution in [-0.4, -0.2) is 12.6 Å². The minimum atomic E-state index is 0.186. The number of likely N-dealkylation sites (N-methyl/N-ethyl adjacent to an activating group) is 1. The molecule has 0 aromatic heterocycles. The van der Waals surface area contributed by atoms with E-state index in [1.165, 1.54) is 0 Å². The van der Waals surface area contributed by atoms with Crippen LogP contribution in [0.4, 0.5) is 0 Å². The Kier molecular flexibility index (Phi) is 4.34. The molecule has 2 rings (SSSR count). The van der Waals surface area contributed by atoms with Crippen molar-refractivity contribution < 1.29 is 4.74 Å². The summed E-state index contributed by atoms with van der Waals surface area (Å²) < 4.78 is 7.07. The molecule has 1 heterocycles. The highest BCUT2D eigenvalue weighted by Gasteiger charge is 2.36. The topological polar surface area (TPSA) is 21.3 Å². The van der Waals surface area contributed by atoms with Gasteiger partial charge in [-0.2, -0.15) is 0 Å². The number of hydrogen-bond donors (Lipinski definition) is 1. The lowest BCUT2D eigenvalue weighted by Gasteiger charge is -2.19. The number of benzene rings is 1. The Bertz CT molecular complexity index is 411. The van der Waals surface area contributed by atoms with E-state index in [1.54, 1.807) is 0 Å². The first kappa shape index (κ1) is 13.2. The largest absolute Gasteiger partial charge is 0.486 e. The van der Waals surface area contributed by atoms with Gasteiger partial charge in [0, 0.05) is 10.0 Å². The summed E-state index contributed by atoms with van der Waals surface area (Å²) >= 11 is 9.79. The number of nitrogens with one attached hydrogen (secondary N) is 1. The minimum Gasteiger partial charge on any atom is -0.486 e. The molecule has 1 N–H and O–H groups in total. The van der Waals surface area contributed by atoms with Gasteiger partial charge < -0.3 is 10.1 Å². The van der Waals surface area contributed by atoms with Crippen LogP contribution in [0.1, 0.15) is 38.3 Å². The van der Waals surface area contributed by atoms with Gasteiger partial charge in [-0.25, -0.2) is 0 Å². The van der Waals surface area contributed by atoms with Gasteiger partial charge in [0.15, 0.2) is 0 Å². The average molecular weight is 319 g/mol. The van der Waals surface area contributed by atoms with Crippen molar-refractivity contribution in [1.29, 1.82) is 0 Å². The number of halogens is 2. The Morgan fingerprint density at radius 1 is 1.41 bits per heavy atom. The first-order chi connectivity index (χ1) is 8.19. The highest BCUT2D eigenvalue weighted by molar-refractivity contribution is 9.10. The predicted octanol–water partition coefficient (Wildman–Crippen LogP) is 4.31. The number of rotatable bonds is 4. The molecule has 1 aliphatic rings. The quantitative estimate of drug-likeness (QED) is 0.893. The normalized spacial score (nSPS) is 22.4. The Morgan fingerprint density at radius 2 is 2.18 bits per heavy atom. The van der Waals surface area contributed by atoms with Crippen LogP contribution in [0.5, 0.6) is 5.75 Å². The lowest BCUT2D eigenvalue weighted by molar-refractivity contribution is 0.179. The summed E-state index contributed by atoms with van der Waals surface area (Å²) in [5.74, 6) is 0.838. The summed E-state index contributed by atoms with van der Waals surface area (Å²) in [7, 11) is 0. The molecule has 0 saturated carbocycles. The number of hydrogen-bond acceptors (Lipinski definition) is 2. The van der Waals surface area contributed by atoms with E-state index >= 15 is 0 Å². The Hall–Kier alpha value is -0.250. The van der Waals surface area contributed by atoms with E-state index in [9.17, 15) is 0 Å². The molecule has 17 heavy (non-hydrogen) atoms. The van der Waals surface area contributed by atoms with Crippen LogP contribution in [0.3, 0.4) is 0 Å². The van der Waals surface area contributed by atoms with Crippen molar-refractivity contribution in [3.05, 3.63) is 27.2 Å². The molecular weight excluding hydrogens is 302 g/mol. The third-order valence-electron chi connectivity index (χ3n) is 3.04. The molecule has 2 atom stereocenters. The van der Waals surface area contributed by atoms with Crippen molar-refractivity contribution >= 4 is 27.5 Å². The van der Waals surface area contributed by atoms with E-state index in [4.69, 9.17) is 16.3 Å². The highest BCUT2D eigenvalue weighted by atomic mass is 79.9. The summed E-state index contributed by atoms with van der Waals surface area (Å²) in [5.41, 5.74) is 1.16. The summed E-state index contributed by atoms with van der Waals surface area (Å²) in [6, 6.07) is 4.10. The summed E-state index contributed by atoms with van der Waals surface area (Å²) in [6.45, 7) is 5.21. The molecule has 0 spiro atoms. The summed E-state index contributed by atoms with van der Waals surface area (Å²) in [5, 5.41) is 4.19. The fourth-order valence-corrected chi connectivity index (χ4v) is 3.10. The molecule has 0 bridgehead atoms. The Labute approximate surface area is 116 Å². The van der Waals surface area contributed by atoms with Gasteiger partial charge in [-0.05, 0) is 25.1 Å². The van der Waals surface area contributed by atoms with Crippen LogP contribution in [0, 0.1) is 0 Å². The molecule has 0 aliphatic carbocycles. The Morgan fingerprint density at radius 3 is 2.82 bits per heavy atom. The van der Waals surface area contributed by atoms with Crippen molar-refractivity contribution in [2.24, 2.45) is 0 Å². The lowest BCUT2D eigenvalue weighted by Crippen LogP contribution is -2.30. The van der Waals surface area contributed by atoms with Gasteiger partial charge in [-0.3, -0.25) is 0 Å². The molecule has 0 amide bonds. The molecule has 0 fully saturated rings. The molecule has 2 unspecified atom stereocenters. The van der Waals surface area contributed by atoms with Gasteiger partial charge in [0.2, 0.25) is 0 Å². The van der Waals surface area contributed by atoms with E-state index in [1.807, 2.05) is 12.1 Å². The predicted molar refractivity (Wildman–Crippen MR) is 74.9 cm³/mol. The average Bonchev–Trinajstić information content (AvgIpc) is 2.66. The van der Waals surface area contributed by atoms with Crippen LogP contribution in [-0.2, 0) is 0 Å². The van der Waals surface area contributed by atoms with Crippen LogP contribution in [0.25, 0.3) is 0 Å². The maximum Gasteiger partial charge on any atom is 0.144 e. The smallest absolute Gasteiger partial charge is 0.144 e. The third-order valence-corrected chi connectivity index (χ3v) is 4.03. The molecule has 4 heteroatoms. The van der Waals surface area contributed by atoms with E-state index < -0.39 is 0 Å². The lowest BCUT2D eigenvalue weighted by atomic mass is 10.0. The summed E-state index contributed by atoms with van der Waals surface area (Å²) in [4.78, 5) is 0. The van der Waals surface area contributed by atoms with Crippen molar-refractivity contribution in [3.63, 3.8) is 0 Å². The standard InChI is InChI=1S/C13H17BrClNO/c1-3-5-10-12(16-4-2)11-8(14)6-7-9(15)13(11)17-10/h6-7,10,12,16H,3-5H2,1-2H3. The number of ether oxygens (including phenoxy) is 1. The highest BCUT2D eigenvalue weighted by Crippen LogP contribution is 2.46. The van der Waals surface area contributed by atoms with Gasteiger partial charge in [0.05, 0.1) is 11.1 Å². The zero-order chi connectivity index (χ0) is 12.4. The first-order valence-corrected chi connectivity index (χ1v) is 7.24. The second-order valence-electron chi connectivity index (χ2n) is 4.25. The van der Waals surface area contributed by atoms with E-state index in [2.05, 4.69) is 35.1 Å². The van der Waals surface area contributed by atoms with Crippen molar-refractivity contribution in [2.75, 3.05) is 6.54 Å². The van der Waals surface area contributed by atoms with Crippen molar-refractivity contribution in [3.8, 4) is 5.75 Å². The molecule has 1 aliphatic heterocycles. The van der Waals surface area contributed by atoms with Crippen LogP contribution in [0.2, 0.25) is 5.02 Å². The van der Waals surface area contributed by atoms with Crippen LogP contribution < -0.4 is 10.1 Å². The molecule has 94 valence electrons. The van der Waals surface area contributed by atoms with Crippen molar-refractivity contribution in [2.45, 2.75) is 38.8 Å². The molecule has 0 saturated heterocycles. The van der Waals surface area contributed by atoms with Crippen LogP contribution >= 0.6 is 27.5 Å². The van der Waals surface area contributed by atoms with E-state index in [0.717, 1.165) is 35.2 Å². The molecular formula is C13H17BrClNO. The maximum atomic E-state index is 6.20. The summed E-state index contributed by atoms with van der Waals surface area (Å²) in [6.07, 6.45) is 2.33. The molecule has 1 aromatic carbocycles.